The summed E-state index contributed by atoms with van der Waals surface area (Å²) in [6.07, 6.45) is 0. The first-order valence-electron chi connectivity index (χ1n) is 9.55. The van der Waals surface area contributed by atoms with Crippen LogP contribution in [-0.2, 0) is 18.8 Å². The lowest BCUT2D eigenvalue weighted by Gasteiger charge is -2.08. The van der Waals surface area contributed by atoms with Crippen LogP contribution in [0.3, 0.4) is 0 Å². The summed E-state index contributed by atoms with van der Waals surface area (Å²) < 4.78 is 21.3. The van der Waals surface area contributed by atoms with Crippen LogP contribution in [0.4, 0.5) is 5.00 Å². The summed E-state index contributed by atoms with van der Waals surface area (Å²) in [6, 6.07) is 13.8. The molecule has 12 heteroatoms. The molecule has 0 aliphatic carbocycles. The Morgan fingerprint density at radius 3 is 2.42 bits per heavy atom. The van der Waals surface area contributed by atoms with E-state index in [4.69, 9.17) is 9.47 Å². The standard InChI is InChI=1S/C21H19N2O8PS/c1-2-30-21(26)17-19(33-18(23-17)13-7-4-3-5-8-13)22-16(24)12-31-20(25)14-9-6-10-15(11-14)32(27,28)29/h3-11H,2,12H2,1H3,(H,22,24)(H2,27,28,29). The van der Waals surface area contributed by atoms with Crippen LogP contribution in [0.5, 0.6) is 0 Å². The molecule has 1 heterocycles. The molecule has 0 saturated carbocycles. The summed E-state index contributed by atoms with van der Waals surface area (Å²) in [4.78, 5) is 59.6. The van der Waals surface area contributed by atoms with E-state index in [1.807, 2.05) is 6.07 Å². The van der Waals surface area contributed by atoms with Crippen molar-refractivity contribution in [3.8, 4) is 10.6 Å². The molecule has 0 aliphatic rings. The number of hydrogen-bond donors (Lipinski definition) is 3. The van der Waals surface area contributed by atoms with Gasteiger partial charge in [-0.25, -0.2) is 14.6 Å². The third-order valence-corrected chi connectivity index (χ3v) is 6.09. The molecule has 0 atom stereocenters. The van der Waals surface area contributed by atoms with Gasteiger partial charge in [-0.15, -0.1) is 0 Å². The second-order valence-corrected chi connectivity index (χ2v) is 9.11. The number of esters is 2. The molecule has 0 spiro atoms. The van der Waals surface area contributed by atoms with E-state index >= 15 is 0 Å². The Bertz CT molecular complexity index is 1220. The summed E-state index contributed by atoms with van der Waals surface area (Å²) in [7, 11) is -4.55. The summed E-state index contributed by atoms with van der Waals surface area (Å²) in [5.74, 6) is -2.39. The smallest absolute Gasteiger partial charge is 0.360 e. The molecule has 3 N–H and O–H groups in total. The highest BCUT2D eigenvalue weighted by atomic mass is 32.1. The molecule has 0 fully saturated rings. The monoisotopic (exact) mass is 490 g/mol. The second-order valence-electron chi connectivity index (χ2n) is 6.50. The van der Waals surface area contributed by atoms with Gasteiger partial charge in [0, 0.05) is 5.56 Å². The van der Waals surface area contributed by atoms with Crippen LogP contribution in [-0.4, -0.2) is 45.8 Å². The van der Waals surface area contributed by atoms with Gasteiger partial charge in [-0.05, 0) is 25.1 Å². The van der Waals surface area contributed by atoms with Gasteiger partial charge in [0.25, 0.3) is 5.91 Å². The Morgan fingerprint density at radius 1 is 1.03 bits per heavy atom. The van der Waals surface area contributed by atoms with Crippen molar-refractivity contribution < 1.29 is 38.2 Å². The van der Waals surface area contributed by atoms with Crippen molar-refractivity contribution in [1.82, 2.24) is 4.98 Å². The van der Waals surface area contributed by atoms with Crippen molar-refractivity contribution in [2.75, 3.05) is 18.5 Å². The molecular weight excluding hydrogens is 471 g/mol. The van der Waals surface area contributed by atoms with E-state index in [0.717, 1.165) is 23.0 Å². The molecule has 3 rings (SSSR count). The number of carbonyl (C=O) groups is 3. The molecule has 33 heavy (non-hydrogen) atoms. The van der Waals surface area contributed by atoms with E-state index in [0.29, 0.717) is 5.01 Å². The zero-order chi connectivity index (χ0) is 24.0. The van der Waals surface area contributed by atoms with Crippen LogP contribution in [0.25, 0.3) is 10.6 Å². The molecular formula is C21H19N2O8PS. The maximum atomic E-state index is 12.4. The third-order valence-electron chi connectivity index (χ3n) is 4.12. The third kappa shape index (κ3) is 6.33. The summed E-state index contributed by atoms with van der Waals surface area (Å²) in [6.45, 7) is 1.07. The average Bonchev–Trinajstić information content (AvgIpc) is 3.21. The lowest BCUT2D eigenvalue weighted by atomic mass is 10.2. The number of nitrogens with zero attached hydrogens (tertiary/aromatic N) is 1. The van der Waals surface area contributed by atoms with Gasteiger partial charge in [-0.3, -0.25) is 9.36 Å². The Morgan fingerprint density at radius 2 is 1.76 bits per heavy atom. The number of carbonyl (C=O) groups excluding carboxylic acids is 3. The highest BCUT2D eigenvalue weighted by Gasteiger charge is 2.23. The Hall–Kier alpha value is -3.37. The van der Waals surface area contributed by atoms with Crippen molar-refractivity contribution in [3.05, 3.63) is 65.9 Å². The molecule has 0 saturated heterocycles. The van der Waals surface area contributed by atoms with Gasteiger partial charge in [0.05, 0.1) is 17.5 Å². The highest BCUT2D eigenvalue weighted by molar-refractivity contribution is 7.60. The Balaban J connectivity index is 1.72. The fraction of sp³-hybridized carbons (Fsp3) is 0.143. The molecule has 172 valence electrons. The van der Waals surface area contributed by atoms with E-state index in [1.165, 1.54) is 18.2 Å². The molecule has 3 aromatic rings. The number of thiazole rings is 1. The van der Waals surface area contributed by atoms with Crippen LogP contribution >= 0.6 is 18.9 Å². The van der Waals surface area contributed by atoms with Crippen LogP contribution in [0.1, 0.15) is 27.8 Å². The largest absolute Gasteiger partial charge is 0.461 e. The lowest BCUT2D eigenvalue weighted by Crippen LogP contribution is -2.22. The first kappa shape index (κ1) is 24.3. The van der Waals surface area contributed by atoms with E-state index in [1.54, 1.807) is 31.2 Å². The van der Waals surface area contributed by atoms with E-state index in [9.17, 15) is 28.7 Å². The van der Waals surface area contributed by atoms with Gasteiger partial charge in [-0.2, -0.15) is 0 Å². The first-order chi connectivity index (χ1) is 15.7. The number of anilines is 1. The first-order valence-corrected chi connectivity index (χ1v) is 12.0. The number of ether oxygens (including phenoxy) is 2. The summed E-state index contributed by atoms with van der Waals surface area (Å²) >= 11 is 1.06. The van der Waals surface area contributed by atoms with Crippen molar-refractivity contribution in [1.29, 1.82) is 0 Å². The molecule has 0 aliphatic heterocycles. The van der Waals surface area contributed by atoms with E-state index in [2.05, 4.69) is 10.3 Å². The summed E-state index contributed by atoms with van der Waals surface area (Å²) in [5, 5.41) is 2.77. The van der Waals surface area contributed by atoms with Gasteiger partial charge in [0.1, 0.15) is 10.0 Å². The molecule has 1 amide bonds. The SMILES string of the molecule is CCOC(=O)c1nc(-c2ccccc2)sc1NC(=O)COC(=O)c1cccc(P(=O)(O)O)c1. The van der Waals surface area contributed by atoms with Crippen LogP contribution in [0.15, 0.2) is 54.6 Å². The predicted octanol–water partition coefficient (Wildman–Crippen LogP) is 2.59. The summed E-state index contributed by atoms with van der Waals surface area (Å²) in [5.41, 5.74) is 0.541. The minimum atomic E-state index is -4.55. The van der Waals surface area contributed by atoms with Crippen LogP contribution in [0, 0.1) is 0 Å². The van der Waals surface area contributed by atoms with E-state index < -0.39 is 32.0 Å². The molecule has 0 radical (unpaired) electrons. The Kier molecular flexibility index (Phi) is 7.72. The maximum absolute atomic E-state index is 12.4. The van der Waals surface area contributed by atoms with Gasteiger partial charge < -0.3 is 24.6 Å². The minimum Gasteiger partial charge on any atom is -0.461 e. The quantitative estimate of drug-likeness (QED) is 0.319. The molecule has 10 nitrogen and oxygen atoms in total. The maximum Gasteiger partial charge on any atom is 0.360 e. The molecule has 0 unspecified atom stereocenters. The number of nitrogens with one attached hydrogen (secondary N) is 1. The van der Waals surface area contributed by atoms with Gasteiger partial charge in [-0.1, -0.05) is 47.7 Å². The zero-order valence-corrected chi connectivity index (χ0v) is 19.0. The Labute approximate surface area is 192 Å². The normalized spacial score (nSPS) is 11.0. The second kappa shape index (κ2) is 10.5. The van der Waals surface area contributed by atoms with Crippen molar-refractivity contribution in [2.24, 2.45) is 0 Å². The fourth-order valence-corrected chi connectivity index (χ4v) is 4.20. The van der Waals surface area contributed by atoms with Gasteiger partial charge >= 0.3 is 19.5 Å². The van der Waals surface area contributed by atoms with Gasteiger partial charge in [0.15, 0.2) is 12.3 Å². The molecule has 0 bridgehead atoms. The number of amides is 1. The lowest BCUT2D eigenvalue weighted by molar-refractivity contribution is -0.119. The van der Waals surface area contributed by atoms with Crippen molar-refractivity contribution in [3.63, 3.8) is 0 Å². The van der Waals surface area contributed by atoms with Crippen LogP contribution < -0.4 is 10.6 Å². The predicted molar refractivity (Wildman–Crippen MR) is 121 cm³/mol. The molecule has 1 aromatic heterocycles. The number of aromatic nitrogens is 1. The average molecular weight is 490 g/mol. The van der Waals surface area contributed by atoms with Crippen molar-refractivity contribution in [2.45, 2.75) is 6.92 Å². The van der Waals surface area contributed by atoms with Gasteiger partial charge in [0.2, 0.25) is 0 Å². The number of hydrogen-bond acceptors (Lipinski definition) is 8. The number of rotatable bonds is 8. The number of benzene rings is 2. The minimum absolute atomic E-state index is 0.0743. The van der Waals surface area contributed by atoms with Crippen LogP contribution in [0.2, 0.25) is 0 Å². The van der Waals surface area contributed by atoms with Crippen molar-refractivity contribution >= 4 is 47.1 Å². The van der Waals surface area contributed by atoms with E-state index in [-0.39, 0.29) is 28.2 Å². The fourth-order valence-electron chi connectivity index (χ4n) is 2.64. The topological polar surface area (TPSA) is 152 Å². The highest BCUT2D eigenvalue weighted by Crippen LogP contribution is 2.34. The molecule has 2 aromatic carbocycles. The zero-order valence-electron chi connectivity index (χ0n) is 17.3.